The third-order valence-electron chi connectivity index (χ3n) is 5.33. The summed E-state index contributed by atoms with van der Waals surface area (Å²) < 4.78 is 56.4. The first-order chi connectivity index (χ1) is 14.6. The molecule has 9 nitrogen and oxygen atoms in total. The molecule has 4 atom stereocenters. The van der Waals surface area contributed by atoms with Gasteiger partial charge in [0.25, 0.3) is 5.56 Å². The molecule has 0 unspecified atom stereocenters. The van der Waals surface area contributed by atoms with Gasteiger partial charge < -0.3 is 14.2 Å². The molecule has 0 spiro atoms. The van der Waals surface area contributed by atoms with Crippen LogP contribution in [-0.4, -0.2) is 65.5 Å². The van der Waals surface area contributed by atoms with E-state index in [1.165, 1.54) is 0 Å². The molecule has 31 heavy (non-hydrogen) atoms. The van der Waals surface area contributed by atoms with Gasteiger partial charge in [0.1, 0.15) is 37.2 Å². The highest BCUT2D eigenvalue weighted by Gasteiger charge is 2.41. The first-order valence-corrected chi connectivity index (χ1v) is 9.62. The summed E-state index contributed by atoms with van der Waals surface area (Å²) in [5, 5.41) is 0. The number of hydrogen-bond acceptors (Lipinski definition) is 7. The zero-order chi connectivity index (χ0) is 22.8. The molecule has 2 saturated heterocycles. The molecule has 1 aromatic rings. The number of aromatic amines is 1. The van der Waals surface area contributed by atoms with E-state index in [0.29, 0.717) is 17.2 Å². The SMILES string of the molecule is C#CCO[C@H]1C[C@H](n2cc(C(F)(F)F)c(=O)[nH]c2=O)O[C@@H]1COC(=O)[C@@H]1CCCN1C. The standard InChI is InChI=1S/C19H22F3N3O6/c1-3-7-29-13-8-15(25-9-11(19(20,21)22)16(26)23-18(25)28)31-14(13)10-30-17(27)12-5-4-6-24(12)2/h1,9,12-15H,4-8,10H2,2H3,(H,23,26,28)/t12-,13-,14+,15+/m0/s1. The minimum absolute atomic E-state index is 0.0313. The number of halogens is 3. The summed E-state index contributed by atoms with van der Waals surface area (Å²) in [5.41, 5.74) is -4.14. The molecule has 3 heterocycles. The maximum Gasteiger partial charge on any atom is 0.423 e. The van der Waals surface area contributed by atoms with Crippen LogP contribution in [0.5, 0.6) is 0 Å². The number of terminal acetylenes is 1. The molecule has 0 bridgehead atoms. The average molecular weight is 445 g/mol. The number of alkyl halides is 3. The number of likely N-dealkylation sites (tertiary alicyclic amines) is 1. The van der Waals surface area contributed by atoms with Crippen molar-refractivity contribution < 1.29 is 32.2 Å². The molecule has 0 radical (unpaired) electrons. The van der Waals surface area contributed by atoms with Crippen molar-refractivity contribution in [2.24, 2.45) is 0 Å². The van der Waals surface area contributed by atoms with E-state index in [4.69, 9.17) is 20.6 Å². The molecule has 0 amide bonds. The number of carbonyl (C=O) groups is 1. The van der Waals surface area contributed by atoms with E-state index in [0.717, 1.165) is 13.0 Å². The second kappa shape index (κ2) is 9.25. The molecule has 2 aliphatic rings. The molecular formula is C19H22F3N3O6. The Morgan fingerprint density at radius 2 is 2.16 bits per heavy atom. The van der Waals surface area contributed by atoms with E-state index >= 15 is 0 Å². The summed E-state index contributed by atoms with van der Waals surface area (Å²) in [6.45, 7) is 0.441. The summed E-state index contributed by atoms with van der Waals surface area (Å²) in [4.78, 5) is 39.5. The summed E-state index contributed by atoms with van der Waals surface area (Å²) >= 11 is 0. The number of aromatic nitrogens is 2. The quantitative estimate of drug-likeness (QED) is 0.503. The largest absolute Gasteiger partial charge is 0.462 e. The number of ether oxygens (including phenoxy) is 3. The van der Waals surface area contributed by atoms with Gasteiger partial charge in [-0.2, -0.15) is 13.2 Å². The zero-order valence-corrected chi connectivity index (χ0v) is 16.7. The number of H-pyrrole nitrogens is 1. The molecule has 12 heteroatoms. The Bertz CT molecular complexity index is 966. The predicted octanol–water partition coefficient (Wildman–Crippen LogP) is 0.499. The number of likely N-dealkylation sites (N-methyl/N-ethyl adjacent to an activating group) is 1. The Morgan fingerprint density at radius 3 is 2.77 bits per heavy atom. The third kappa shape index (κ3) is 5.17. The van der Waals surface area contributed by atoms with Crippen LogP contribution in [0.15, 0.2) is 15.8 Å². The van der Waals surface area contributed by atoms with Gasteiger partial charge in [0, 0.05) is 12.6 Å². The zero-order valence-electron chi connectivity index (χ0n) is 16.7. The van der Waals surface area contributed by atoms with Gasteiger partial charge in [-0.3, -0.25) is 24.0 Å². The molecule has 170 valence electrons. The lowest BCUT2D eigenvalue weighted by Gasteiger charge is -2.21. The highest BCUT2D eigenvalue weighted by Crippen LogP contribution is 2.32. The second-order valence-electron chi connectivity index (χ2n) is 7.39. The van der Waals surface area contributed by atoms with Crippen LogP contribution in [0.2, 0.25) is 0 Å². The Balaban J connectivity index is 1.76. The van der Waals surface area contributed by atoms with E-state index in [2.05, 4.69) is 5.92 Å². The summed E-state index contributed by atoms with van der Waals surface area (Å²) in [6, 6.07) is -0.376. The topological polar surface area (TPSA) is 103 Å². The molecule has 2 fully saturated rings. The van der Waals surface area contributed by atoms with E-state index in [9.17, 15) is 27.6 Å². The first kappa shape index (κ1) is 23.1. The Kier molecular flexibility index (Phi) is 6.88. The average Bonchev–Trinajstić information content (AvgIpc) is 3.29. The van der Waals surface area contributed by atoms with Crippen molar-refractivity contribution in [3.8, 4) is 12.3 Å². The van der Waals surface area contributed by atoms with Gasteiger partial charge in [0.05, 0.1) is 6.10 Å². The fraction of sp³-hybridized carbons (Fsp3) is 0.632. The fourth-order valence-corrected chi connectivity index (χ4v) is 3.72. The van der Waals surface area contributed by atoms with Gasteiger partial charge in [-0.25, -0.2) is 4.79 Å². The number of esters is 1. The molecule has 1 N–H and O–H groups in total. The Labute approximate surface area is 175 Å². The van der Waals surface area contributed by atoms with Crippen LogP contribution in [0, 0.1) is 12.3 Å². The predicted molar refractivity (Wildman–Crippen MR) is 100 cm³/mol. The summed E-state index contributed by atoms with van der Waals surface area (Å²) in [6.07, 6.45) is -0.621. The van der Waals surface area contributed by atoms with Gasteiger partial charge in [-0.1, -0.05) is 5.92 Å². The molecule has 2 aliphatic heterocycles. The van der Waals surface area contributed by atoms with Crippen LogP contribution in [0.1, 0.15) is 31.1 Å². The van der Waals surface area contributed by atoms with Gasteiger partial charge in [0.2, 0.25) is 0 Å². The van der Waals surface area contributed by atoms with Gasteiger partial charge in [0.15, 0.2) is 0 Å². The van der Waals surface area contributed by atoms with Crippen molar-refractivity contribution >= 4 is 5.97 Å². The Morgan fingerprint density at radius 1 is 1.42 bits per heavy atom. The highest BCUT2D eigenvalue weighted by atomic mass is 19.4. The minimum atomic E-state index is -4.96. The highest BCUT2D eigenvalue weighted by molar-refractivity contribution is 5.76. The van der Waals surface area contributed by atoms with E-state index in [1.807, 2.05) is 4.90 Å². The van der Waals surface area contributed by atoms with Gasteiger partial charge in [-0.15, -0.1) is 6.42 Å². The smallest absolute Gasteiger partial charge is 0.423 e. The van der Waals surface area contributed by atoms with Crippen LogP contribution in [0.4, 0.5) is 13.2 Å². The van der Waals surface area contributed by atoms with E-state index < -0.39 is 47.4 Å². The Hall–Kier alpha value is -2.62. The van der Waals surface area contributed by atoms with Crippen molar-refractivity contribution in [3.05, 3.63) is 32.6 Å². The normalized spacial score (nSPS) is 26.7. The third-order valence-corrected chi connectivity index (χ3v) is 5.33. The number of hydrogen-bond donors (Lipinski definition) is 1. The molecule has 0 aromatic carbocycles. The van der Waals surface area contributed by atoms with Crippen LogP contribution in [0.25, 0.3) is 0 Å². The minimum Gasteiger partial charge on any atom is -0.462 e. The van der Waals surface area contributed by atoms with E-state index in [1.54, 1.807) is 12.0 Å². The van der Waals surface area contributed by atoms with Crippen LogP contribution < -0.4 is 11.2 Å². The maximum absolute atomic E-state index is 13.1. The second-order valence-corrected chi connectivity index (χ2v) is 7.39. The lowest BCUT2D eigenvalue weighted by molar-refractivity contribution is -0.155. The maximum atomic E-state index is 13.1. The lowest BCUT2D eigenvalue weighted by atomic mass is 10.2. The molecule has 0 saturated carbocycles. The monoisotopic (exact) mass is 445 g/mol. The first-order valence-electron chi connectivity index (χ1n) is 9.62. The van der Waals surface area contributed by atoms with Crippen molar-refractivity contribution in [3.63, 3.8) is 0 Å². The van der Waals surface area contributed by atoms with E-state index in [-0.39, 0.29) is 25.7 Å². The van der Waals surface area contributed by atoms with Crippen molar-refractivity contribution in [1.82, 2.24) is 14.5 Å². The fourth-order valence-electron chi connectivity index (χ4n) is 3.72. The molecular weight excluding hydrogens is 423 g/mol. The van der Waals surface area contributed by atoms with Crippen molar-refractivity contribution in [2.45, 2.75) is 49.9 Å². The molecule has 3 rings (SSSR count). The number of rotatable bonds is 6. The lowest BCUT2D eigenvalue weighted by Crippen LogP contribution is -2.38. The summed E-state index contributed by atoms with van der Waals surface area (Å²) in [5.74, 6) is 1.83. The number of nitrogens with one attached hydrogen (secondary N) is 1. The molecule has 1 aromatic heterocycles. The van der Waals surface area contributed by atoms with Crippen molar-refractivity contribution in [2.75, 3.05) is 26.8 Å². The van der Waals surface area contributed by atoms with Gasteiger partial charge in [-0.05, 0) is 26.4 Å². The number of nitrogens with zero attached hydrogens (tertiary/aromatic N) is 2. The van der Waals surface area contributed by atoms with Gasteiger partial charge >= 0.3 is 17.8 Å². The summed E-state index contributed by atoms with van der Waals surface area (Å²) in [7, 11) is 1.81. The van der Waals surface area contributed by atoms with Crippen LogP contribution in [-0.2, 0) is 25.2 Å². The van der Waals surface area contributed by atoms with Crippen molar-refractivity contribution in [1.29, 1.82) is 0 Å². The molecule has 0 aliphatic carbocycles. The van der Waals surface area contributed by atoms with Crippen LogP contribution in [0.3, 0.4) is 0 Å². The number of carbonyl (C=O) groups excluding carboxylic acids is 1. The van der Waals surface area contributed by atoms with Crippen LogP contribution >= 0.6 is 0 Å².